The molecule has 1 aliphatic heterocycles. The number of hydrogen-bond donors (Lipinski definition) is 1. The van der Waals surface area contributed by atoms with Crippen LogP contribution < -0.4 is 5.32 Å². The molecule has 1 aliphatic rings. The lowest BCUT2D eigenvalue weighted by molar-refractivity contribution is 0.131. The summed E-state index contributed by atoms with van der Waals surface area (Å²) in [4.78, 5) is 0. The highest BCUT2D eigenvalue weighted by Gasteiger charge is 2.22. The average molecular weight is 158 g/mol. The van der Waals surface area contributed by atoms with Crippen LogP contribution in [-0.2, 0) is 0 Å². The zero-order valence-corrected chi connectivity index (χ0v) is 5.76. The Labute approximate surface area is 59.2 Å². The summed E-state index contributed by atoms with van der Waals surface area (Å²) in [6.07, 6.45) is -2.18. The van der Waals surface area contributed by atoms with Crippen LogP contribution in [0.2, 0.25) is 0 Å². The smallest absolute Gasteiger partial charge is 0.144 e. The van der Waals surface area contributed by atoms with Gasteiger partial charge in [0.15, 0.2) is 0 Å². The van der Waals surface area contributed by atoms with Gasteiger partial charge in [0, 0.05) is 6.54 Å². The summed E-state index contributed by atoms with van der Waals surface area (Å²) in [5.74, 6) is 0. The van der Waals surface area contributed by atoms with Crippen molar-refractivity contribution in [2.24, 2.45) is 0 Å². The van der Waals surface area contributed by atoms with Crippen molar-refractivity contribution < 1.29 is 8.78 Å². The van der Waals surface area contributed by atoms with Gasteiger partial charge in [-0.3, -0.25) is 0 Å². The molecular weight excluding hydrogens is 148 g/mol. The Morgan fingerprint density at radius 3 is 2.22 bits per heavy atom. The van der Waals surface area contributed by atoms with Gasteiger partial charge in [0.2, 0.25) is 0 Å². The monoisotopic (exact) mass is 157 g/mol. The van der Waals surface area contributed by atoms with E-state index >= 15 is 0 Å². The Morgan fingerprint density at radius 2 is 1.89 bits per heavy atom. The van der Waals surface area contributed by atoms with Gasteiger partial charge in [0.1, 0.15) is 12.3 Å². The van der Waals surface area contributed by atoms with Crippen molar-refractivity contribution >= 4 is 12.4 Å². The Hall–Kier alpha value is 0.110. The number of alkyl halides is 2. The van der Waals surface area contributed by atoms with E-state index in [1.54, 1.807) is 0 Å². The minimum absolute atomic E-state index is 0. The minimum Gasteiger partial charge on any atom is -0.314 e. The van der Waals surface area contributed by atoms with Crippen LogP contribution in [0, 0.1) is 0 Å². The second-order valence-corrected chi connectivity index (χ2v) is 2.02. The predicted molar refractivity (Wildman–Crippen MR) is 34.5 cm³/mol. The summed E-state index contributed by atoms with van der Waals surface area (Å²) in [7, 11) is 0. The molecule has 2 atom stereocenters. The van der Waals surface area contributed by atoms with E-state index in [1.165, 1.54) is 0 Å². The lowest BCUT2D eigenvalue weighted by Gasteiger charge is -2.19. The highest BCUT2D eigenvalue weighted by Crippen LogP contribution is 2.10. The summed E-state index contributed by atoms with van der Waals surface area (Å²) in [6.45, 7) is 0.794. The molecule has 1 rings (SSSR count). The minimum atomic E-state index is -1.27. The molecule has 0 radical (unpaired) electrons. The van der Waals surface area contributed by atoms with Gasteiger partial charge in [0.05, 0.1) is 0 Å². The lowest BCUT2D eigenvalue weighted by Crippen LogP contribution is -2.39. The molecular formula is C5H10ClF2N. The molecule has 0 spiro atoms. The van der Waals surface area contributed by atoms with E-state index in [9.17, 15) is 8.78 Å². The fraction of sp³-hybridized carbons (Fsp3) is 1.00. The molecule has 0 aromatic carbocycles. The molecule has 0 saturated carbocycles. The zero-order chi connectivity index (χ0) is 5.98. The normalized spacial score (nSPS) is 35.3. The van der Waals surface area contributed by atoms with Gasteiger partial charge in [-0.25, -0.2) is 8.78 Å². The molecule has 56 valence electrons. The molecule has 1 fully saturated rings. The Kier molecular flexibility index (Phi) is 4.06. The van der Waals surface area contributed by atoms with E-state index in [4.69, 9.17) is 0 Å². The molecule has 1 heterocycles. The molecule has 0 amide bonds. The fourth-order valence-corrected chi connectivity index (χ4v) is 0.789. The Bertz CT molecular complexity index is 71.4. The van der Waals surface area contributed by atoms with Crippen LogP contribution in [-0.4, -0.2) is 25.4 Å². The topological polar surface area (TPSA) is 12.0 Å². The molecule has 9 heavy (non-hydrogen) atoms. The van der Waals surface area contributed by atoms with Gasteiger partial charge < -0.3 is 5.32 Å². The van der Waals surface area contributed by atoms with Crippen molar-refractivity contribution in [2.75, 3.05) is 13.1 Å². The Morgan fingerprint density at radius 1 is 1.22 bits per heavy atom. The third-order valence-corrected chi connectivity index (χ3v) is 1.33. The molecule has 4 heteroatoms. The maximum Gasteiger partial charge on any atom is 0.144 e. The third kappa shape index (κ3) is 2.45. The molecule has 0 aromatic rings. The van der Waals surface area contributed by atoms with Crippen LogP contribution in [0.5, 0.6) is 0 Å². The van der Waals surface area contributed by atoms with Crippen LogP contribution in [0.3, 0.4) is 0 Å². The summed E-state index contributed by atoms with van der Waals surface area (Å²) in [5, 5.41) is 2.75. The average Bonchev–Trinajstić information content (AvgIpc) is 1.77. The summed E-state index contributed by atoms with van der Waals surface area (Å²) < 4.78 is 24.3. The van der Waals surface area contributed by atoms with Crippen LogP contribution >= 0.6 is 12.4 Å². The quantitative estimate of drug-likeness (QED) is 0.555. The third-order valence-electron chi connectivity index (χ3n) is 1.33. The first-order valence-corrected chi connectivity index (χ1v) is 2.79. The first-order chi connectivity index (χ1) is 3.80. The predicted octanol–water partition coefficient (Wildman–Crippen LogP) is 1.08. The van der Waals surface area contributed by atoms with E-state index < -0.39 is 12.3 Å². The van der Waals surface area contributed by atoms with Crippen molar-refractivity contribution in [1.82, 2.24) is 5.32 Å². The molecule has 1 nitrogen and oxygen atoms in total. The first-order valence-electron chi connectivity index (χ1n) is 2.79. The highest BCUT2D eigenvalue weighted by atomic mass is 35.5. The van der Waals surface area contributed by atoms with Crippen molar-refractivity contribution in [3.8, 4) is 0 Å². The van der Waals surface area contributed by atoms with Crippen LogP contribution in [0.4, 0.5) is 8.78 Å². The van der Waals surface area contributed by atoms with E-state index in [2.05, 4.69) is 5.32 Å². The standard InChI is InChI=1S/C5H9F2N.ClH/c6-4-1-2-8-3-5(4)7;/h4-5,8H,1-3H2;1H/t4-,5-;/m0./s1. The van der Waals surface area contributed by atoms with Gasteiger partial charge in [-0.05, 0) is 13.0 Å². The zero-order valence-electron chi connectivity index (χ0n) is 4.94. The number of rotatable bonds is 0. The van der Waals surface area contributed by atoms with Gasteiger partial charge in [-0.15, -0.1) is 12.4 Å². The van der Waals surface area contributed by atoms with Crippen molar-refractivity contribution in [3.05, 3.63) is 0 Å². The van der Waals surface area contributed by atoms with Gasteiger partial charge >= 0.3 is 0 Å². The maximum absolute atomic E-state index is 12.2. The second kappa shape index (κ2) is 4.01. The van der Waals surface area contributed by atoms with Gasteiger partial charge in [0.25, 0.3) is 0 Å². The van der Waals surface area contributed by atoms with Gasteiger partial charge in [-0.1, -0.05) is 0 Å². The van der Waals surface area contributed by atoms with Crippen LogP contribution in [0.1, 0.15) is 6.42 Å². The van der Waals surface area contributed by atoms with Gasteiger partial charge in [-0.2, -0.15) is 0 Å². The Balaban J connectivity index is 0.000000640. The van der Waals surface area contributed by atoms with E-state index in [0.29, 0.717) is 13.0 Å². The summed E-state index contributed by atoms with van der Waals surface area (Å²) >= 11 is 0. The lowest BCUT2D eigenvalue weighted by atomic mass is 10.1. The molecule has 1 N–H and O–H groups in total. The number of nitrogens with one attached hydrogen (secondary N) is 1. The molecule has 0 aromatic heterocycles. The summed E-state index contributed by atoms with van der Waals surface area (Å²) in [6, 6.07) is 0. The number of piperidine rings is 1. The highest BCUT2D eigenvalue weighted by molar-refractivity contribution is 5.85. The second-order valence-electron chi connectivity index (χ2n) is 2.02. The van der Waals surface area contributed by atoms with Crippen molar-refractivity contribution in [2.45, 2.75) is 18.8 Å². The summed E-state index contributed by atoms with van der Waals surface area (Å²) in [5.41, 5.74) is 0. The number of halogens is 3. The van der Waals surface area contributed by atoms with E-state index in [0.717, 1.165) is 0 Å². The van der Waals surface area contributed by atoms with E-state index in [-0.39, 0.29) is 19.0 Å². The van der Waals surface area contributed by atoms with E-state index in [1.807, 2.05) is 0 Å². The van der Waals surface area contributed by atoms with Crippen LogP contribution in [0.15, 0.2) is 0 Å². The maximum atomic E-state index is 12.2. The molecule has 0 unspecified atom stereocenters. The number of hydrogen-bond acceptors (Lipinski definition) is 1. The fourth-order valence-electron chi connectivity index (χ4n) is 0.789. The first kappa shape index (κ1) is 9.11. The molecule has 1 saturated heterocycles. The van der Waals surface area contributed by atoms with Crippen LogP contribution in [0.25, 0.3) is 0 Å². The van der Waals surface area contributed by atoms with Crippen molar-refractivity contribution in [3.63, 3.8) is 0 Å². The SMILES string of the molecule is Cl.F[C@H]1CCNC[C@@H]1F. The molecule has 0 aliphatic carbocycles. The largest absolute Gasteiger partial charge is 0.314 e. The molecule has 0 bridgehead atoms. The van der Waals surface area contributed by atoms with Crippen molar-refractivity contribution in [1.29, 1.82) is 0 Å².